The summed E-state index contributed by atoms with van der Waals surface area (Å²) in [6.07, 6.45) is 0.383. The molecule has 1 fully saturated rings. The van der Waals surface area contributed by atoms with Gasteiger partial charge in [-0.1, -0.05) is 15.9 Å². The summed E-state index contributed by atoms with van der Waals surface area (Å²) in [5.74, 6) is -1.40. The van der Waals surface area contributed by atoms with Gasteiger partial charge < -0.3 is 14.8 Å². The number of carbonyl (C=O) groups is 3. The Labute approximate surface area is 183 Å². The van der Waals surface area contributed by atoms with E-state index in [1.807, 2.05) is 0 Å². The Morgan fingerprint density at radius 2 is 2.03 bits per heavy atom. The Morgan fingerprint density at radius 1 is 1.33 bits per heavy atom. The van der Waals surface area contributed by atoms with Crippen LogP contribution in [-0.4, -0.2) is 54.3 Å². The molecule has 1 aromatic carbocycles. The lowest BCUT2D eigenvalue weighted by Gasteiger charge is -2.35. The smallest absolute Gasteiger partial charge is 0.408 e. The van der Waals surface area contributed by atoms with Crippen LogP contribution in [0.25, 0.3) is 0 Å². The summed E-state index contributed by atoms with van der Waals surface area (Å²) in [6, 6.07) is 2.58. The first-order valence-electron chi connectivity index (χ1n) is 9.58. The minimum absolute atomic E-state index is 0.0372. The van der Waals surface area contributed by atoms with Crippen molar-refractivity contribution in [3.05, 3.63) is 34.1 Å². The van der Waals surface area contributed by atoms with Crippen LogP contribution < -0.4 is 10.7 Å². The van der Waals surface area contributed by atoms with E-state index < -0.39 is 41.5 Å². The second kappa shape index (κ2) is 10.2. The third-order valence-corrected chi connectivity index (χ3v) is 4.75. The number of methoxy groups -OCH3 is 1. The van der Waals surface area contributed by atoms with Gasteiger partial charge in [-0.3, -0.25) is 14.6 Å². The highest BCUT2D eigenvalue weighted by molar-refractivity contribution is 9.10. The van der Waals surface area contributed by atoms with Crippen LogP contribution in [0.3, 0.4) is 0 Å². The number of hydrogen-bond donors (Lipinski definition) is 2. The summed E-state index contributed by atoms with van der Waals surface area (Å²) in [7, 11) is 1.28. The predicted molar refractivity (Wildman–Crippen MR) is 111 cm³/mol. The van der Waals surface area contributed by atoms with Gasteiger partial charge in [-0.15, -0.1) is 0 Å². The van der Waals surface area contributed by atoms with E-state index in [1.165, 1.54) is 24.3 Å². The average Bonchev–Trinajstić information content (AvgIpc) is 2.64. The first kappa shape index (κ1) is 24.1. The van der Waals surface area contributed by atoms with E-state index in [0.29, 0.717) is 29.4 Å². The minimum Gasteiger partial charge on any atom is -0.468 e. The van der Waals surface area contributed by atoms with Crippen LogP contribution >= 0.6 is 15.9 Å². The lowest BCUT2D eigenvalue weighted by atomic mass is 10.0. The Bertz CT molecular complexity index is 779. The lowest BCUT2D eigenvalue weighted by Crippen LogP contribution is -2.60. The van der Waals surface area contributed by atoms with Gasteiger partial charge in [-0.25, -0.2) is 14.6 Å². The van der Waals surface area contributed by atoms with Crippen molar-refractivity contribution in [1.29, 1.82) is 0 Å². The normalized spacial score (nSPS) is 17.8. The van der Waals surface area contributed by atoms with E-state index >= 15 is 0 Å². The van der Waals surface area contributed by atoms with Gasteiger partial charge in [-0.05, 0) is 57.4 Å². The highest BCUT2D eigenvalue weighted by Crippen LogP contribution is 2.18. The van der Waals surface area contributed by atoms with Crippen LogP contribution in [0.15, 0.2) is 22.7 Å². The van der Waals surface area contributed by atoms with Gasteiger partial charge in [0.25, 0.3) is 5.91 Å². The Balaban J connectivity index is 2.21. The molecular formula is C20H27BrFN3O5. The third-order valence-electron chi connectivity index (χ3n) is 4.29. The third kappa shape index (κ3) is 7.24. The number of amides is 2. The molecule has 0 aliphatic carbocycles. The number of carbonyl (C=O) groups excluding carboxylic acids is 3. The summed E-state index contributed by atoms with van der Waals surface area (Å²) in [4.78, 5) is 37.3. The predicted octanol–water partition coefficient (Wildman–Crippen LogP) is 2.69. The van der Waals surface area contributed by atoms with Crippen LogP contribution in [0.2, 0.25) is 0 Å². The first-order chi connectivity index (χ1) is 14.0. The van der Waals surface area contributed by atoms with Gasteiger partial charge in [0, 0.05) is 17.4 Å². The SMILES string of the molecule is COC(=O)[C@@H]1CCCN(C(=O)C(Cc2cc(F)cc(Br)c2)NC(=O)OC(C)(C)C)N1. The van der Waals surface area contributed by atoms with Crippen molar-refractivity contribution >= 4 is 33.9 Å². The average molecular weight is 488 g/mol. The topological polar surface area (TPSA) is 97.0 Å². The second-order valence-corrected chi connectivity index (χ2v) is 8.93. The van der Waals surface area contributed by atoms with E-state index in [9.17, 15) is 18.8 Å². The van der Waals surface area contributed by atoms with Crippen molar-refractivity contribution in [3.63, 3.8) is 0 Å². The minimum atomic E-state index is -1.03. The van der Waals surface area contributed by atoms with Crippen molar-refractivity contribution < 1.29 is 28.2 Å². The zero-order valence-corrected chi connectivity index (χ0v) is 19.0. The zero-order chi connectivity index (χ0) is 22.5. The quantitative estimate of drug-likeness (QED) is 0.619. The number of nitrogens with one attached hydrogen (secondary N) is 2. The van der Waals surface area contributed by atoms with Crippen LogP contribution in [0.1, 0.15) is 39.2 Å². The molecule has 0 saturated carbocycles. The van der Waals surface area contributed by atoms with Gasteiger partial charge in [0.1, 0.15) is 23.5 Å². The number of nitrogens with zero attached hydrogens (tertiary/aromatic N) is 1. The molecule has 30 heavy (non-hydrogen) atoms. The summed E-state index contributed by atoms with van der Waals surface area (Å²) >= 11 is 3.23. The molecule has 0 aromatic heterocycles. The maximum absolute atomic E-state index is 13.8. The highest BCUT2D eigenvalue weighted by atomic mass is 79.9. The molecule has 10 heteroatoms. The number of rotatable bonds is 5. The fraction of sp³-hybridized carbons (Fsp3) is 0.550. The molecule has 1 heterocycles. The number of hydrogen-bond acceptors (Lipinski definition) is 6. The molecule has 1 unspecified atom stereocenters. The lowest BCUT2D eigenvalue weighted by molar-refractivity contribution is -0.150. The van der Waals surface area contributed by atoms with E-state index in [2.05, 4.69) is 26.7 Å². The fourth-order valence-corrected chi connectivity index (χ4v) is 3.57. The molecule has 166 valence electrons. The molecule has 0 radical (unpaired) electrons. The summed E-state index contributed by atoms with van der Waals surface area (Å²) in [5.41, 5.74) is 2.61. The summed E-state index contributed by atoms with van der Waals surface area (Å²) < 4.78 is 24.3. The number of alkyl carbamates (subject to hydrolysis) is 1. The molecule has 0 bridgehead atoms. The monoisotopic (exact) mass is 487 g/mol. The fourth-order valence-electron chi connectivity index (χ4n) is 3.06. The molecule has 0 spiro atoms. The van der Waals surface area contributed by atoms with Gasteiger partial charge >= 0.3 is 12.1 Å². The maximum Gasteiger partial charge on any atom is 0.408 e. The summed E-state index contributed by atoms with van der Waals surface area (Å²) in [6.45, 7) is 5.48. The molecule has 8 nitrogen and oxygen atoms in total. The maximum atomic E-state index is 13.8. The van der Waals surface area contributed by atoms with Crippen molar-refractivity contribution in [2.45, 2.75) is 57.7 Å². The Kier molecular flexibility index (Phi) is 8.19. The van der Waals surface area contributed by atoms with E-state index in [4.69, 9.17) is 9.47 Å². The molecule has 1 aromatic rings. The summed E-state index contributed by atoms with van der Waals surface area (Å²) in [5, 5.41) is 3.86. The molecule has 1 aliphatic heterocycles. The number of hydrazine groups is 1. The highest BCUT2D eigenvalue weighted by Gasteiger charge is 2.33. The number of benzene rings is 1. The second-order valence-electron chi connectivity index (χ2n) is 8.02. The van der Waals surface area contributed by atoms with Crippen LogP contribution in [0.4, 0.5) is 9.18 Å². The van der Waals surface area contributed by atoms with E-state index in [1.54, 1.807) is 26.8 Å². The van der Waals surface area contributed by atoms with Crippen molar-refractivity contribution in [3.8, 4) is 0 Å². The van der Waals surface area contributed by atoms with E-state index in [0.717, 1.165) is 0 Å². The Morgan fingerprint density at radius 3 is 2.63 bits per heavy atom. The van der Waals surface area contributed by atoms with Crippen LogP contribution in [0.5, 0.6) is 0 Å². The molecule has 2 atom stereocenters. The Hall–Kier alpha value is -2.20. The molecule has 2 rings (SSSR count). The van der Waals surface area contributed by atoms with Gasteiger partial charge in [0.15, 0.2) is 0 Å². The van der Waals surface area contributed by atoms with Crippen LogP contribution in [0, 0.1) is 5.82 Å². The largest absolute Gasteiger partial charge is 0.468 e. The first-order valence-corrected chi connectivity index (χ1v) is 10.4. The number of esters is 1. The number of halogens is 2. The molecule has 2 amide bonds. The van der Waals surface area contributed by atoms with E-state index in [-0.39, 0.29) is 6.42 Å². The molecule has 2 N–H and O–H groups in total. The molecule has 1 saturated heterocycles. The van der Waals surface area contributed by atoms with Gasteiger partial charge in [0.05, 0.1) is 7.11 Å². The standard InChI is InChI=1S/C20H27BrFN3O5/c1-20(2,3)30-19(28)23-16(10-12-8-13(21)11-14(22)9-12)17(26)25-7-5-6-15(24-25)18(27)29-4/h8-9,11,15-16,24H,5-7,10H2,1-4H3,(H,23,28)/t15-,16?/m0/s1. The van der Waals surface area contributed by atoms with Crippen molar-refractivity contribution in [2.24, 2.45) is 0 Å². The van der Waals surface area contributed by atoms with Crippen molar-refractivity contribution in [2.75, 3.05) is 13.7 Å². The van der Waals surface area contributed by atoms with Gasteiger partial charge in [-0.2, -0.15) is 0 Å². The molecular weight excluding hydrogens is 461 g/mol. The molecule has 1 aliphatic rings. The van der Waals surface area contributed by atoms with Crippen molar-refractivity contribution in [1.82, 2.24) is 15.8 Å². The zero-order valence-electron chi connectivity index (χ0n) is 17.5. The van der Waals surface area contributed by atoms with Gasteiger partial charge in [0.2, 0.25) is 0 Å². The number of ether oxygens (including phenoxy) is 2. The van der Waals surface area contributed by atoms with Crippen LogP contribution in [-0.2, 0) is 25.5 Å².